The van der Waals surface area contributed by atoms with Crippen LogP contribution in [0.5, 0.6) is 0 Å². The van der Waals surface area contributed by atoms with Gasteiger partial charge in [0.2, 0.25) is 0 Å². The quantitative estimate of drug-likeness (QED) is 0.400. The molecule has 0 aromatic carbocycles. The normalized spacial score (nSPS) is 25.1. The summed E-state index contributed by atoms with van der Waals surface area (Å²) >= 11 is 0. The van der Waals surface area contributed by atoms with Gasteiger partial charge in [0, 0.05) is 33.0 Å². The van der Waals surface area contributed by atoms with Gasteiger partial charge < -0.3 is 27.9 Å². The number of rotatable bonds is 13. The first-order valence-corrected chi connectivity index (χ1v) is 11.2. The molecule has 3 atom stereocenters. The van der Waals surface area contributed by atoms with Crippen molar-refractivity contribution in [3.8, 4) is 0 Å². The van der Waals surface area contributed by atoms with Crippen molar-refractivity contribution >= 4 is 8.80 Å². The van der Waals surface area contributed by atoms with E-state index in [4.69, 9.17) is 22.8 Å². The molecule has 0 saturated heterocycles. The van der Waals surface area contributed by atoms with Gasteiger partial charge in [-0.3, -0.25) is 0 Å². The number of aliphatic hydroxyl groups excluding tert-OH is 1. The lowest BCUT2D eigenvalue weighted by atomic mass is 9.84. The first-order chi connectivity index (χ1) is 11.6. The fraction of sp³-hybridized carbons (Fsp3) is 1.00. The summed E-state index contributed by atoms with van der Waals surface area (Å²) in [5.41, 5.74) is 0. The molecule has 0 spiro atoms. The van der Waals surface area contributed by atoms with Crippen LogP contribution in [-0.2, 0) is 22.8 Å². The second kappa shape index (κ2) is 12.3. The lowest BCUT2D eigenvalue weighted by molar-refractivity contribution is -0.0818. The lowest BCUT2D eigenvalue weighted by Gasteiger charge is -2.35. The van der Waals surface area contributed by atoms with Crippen molar-refractivity contribution in [2.24, 2.45) is 5.92 Å². The van der Waals surface area contributed by atoms with Crippen molar-refractivity contribution in [2.75, 3.05) is 40.1 Å². The highest BCUT2D eigenvalue weighted by Gasteiger charge is 2.41. The lowest BCUT2D eigenvalue weighted by Crippen LogP contribution is -2.46. The van der Waals surface area contributed by atoms with E-state index in [1.165, 1.54) is 0 Å². The Kier molecular flexibility index (Phi) is 11.3. The number of ether oxygens (including phenoxy) is 2. The molecule has 24 heavy (non-hydrogen) atoms. The largest absolute Gasteiger partial charge is 0.500 e. The van der Waals surface area contributed by atoms with E-state index >= 15 is 0 Å². The van der Waals surface area contributed by atoms with Crippen LogP contribution in [0.15, 0.2) is 0 Å². The molecule has 0 radical (unpaired) electrons. The van der Waals surface area contributed by atoms with Crippen LogP contribution in [0.25, 0.3) is 0 Å². The molecule has 3 unspecified atom stereocenters. The number of methoxy groups -OCH3 is 1. The Labute approximate surface area is 148 Å². The molecular weight excluding hydrogens is 328 g/mol. The van der Waals surface area contributed by atoms with Crippen LogP contribution in [0, 0.1) is 5.92 Å². The van der Waals surface area contributed by atoms with Gasteiger partial charge in [0.05, 0.1) is 25.4 Å². The van der Waals surface area contributed by atoms with E-state index in [0.29, 0.717) is 39.0 Å². The predicted molar refractivity (Wildman–Crippen MR) is 95.0 cm³/mol. The number of hydrogen-bond donors (Lipinski definition) is 1. The van der Waals surface area contributed by atoms with Crippen molar-refractivity contribution in [3.63, 3.8) is 0 Å². The number of hydrogen-bond acceptors (Lipinski definition) is 6. The van der Waals surface area contributed by atoms with Gasteiger partial charge in [-0.1, -0.05) is 0 Å². The minimum absolute atomic E-state index is 0.0961. The van der Waals surface area contributed by atoms with E-state index in [0.717, 1.165) is 31.7 Å². The molecule has 0 bridgehead atoms. The molecule has 0 aliphatic heterocycles. The minimum atomic E-state index is -2.57. The van der Waals surface area contributed by atoms with E-state index in [9.17, 15) is 5.11 Å². The van der Waals surface area contributed by atoms with Crippen LogP contribution in [-0.4, -0.2) is 66.3 Å². The molecule has 1 fully saturated rings. The zero-order valence-electron chi connectivity index (χ0n) is 15.8. The maximum absolute atomic E-state index is 10.1. The zero-order valence-corrected chi connectivity index (χ0v) is 16.8. The van der Waals surface area contributed by atoms with Gasteiger partial charge in [-0.2, -0.15) is 0 Å². The third-order valence-electron chi connectivity index (χ3n) is 4.44. The molecule has 144 valence electrons. The van der Waals surface area contributed by atoms with Gasteiger partial charge in [-0.25, -0.2) is 0 Å². The SMILES string of the molecule is CCO[Si](CCC1CCC(O)C(OCCOC)C1)(OCC)OCC. The molecule has 0 aromatic rings. The van der Waals surface area contributed by atoms with Crippen molar-refractivity contribution in [2.45, 2.75) is 64.7 Å². The maximum atomic E-state index is 10.1. The van der Waals surface area contributed by atoms with Crippen molar-refractivity contribution in [3.05, 3.63) is 0 Å². The fourth-order valence-electron chi connectivity index (χ4n) is 3.30. The minimum Gasteiger partial charge on any atom is -0.390 e. The van der Waals surface area contributed by atoms with Gasteiger partial charge >= 0.3 is 8.80 Å². The highest BCUT2D eigenvalue weighted by Crippen LogP contribution is 2.32. The number of aliphatic hydroxyl groups is 1. The van der Waals surface area contributed by atoms with E-state index in [-0.39, 0.29) is 12.2 Å². The summed E-state index contributed by atoms with van der Waals surface area (Å²) in [5.74, 6) is 0.509. The summed E-state index contributed by atoms with van der Waals surface area (Å²) in [7, 11) is -0.917. The topological polar surface area (TPSA) is 66.4 Å². The van der Waals surface area contributed by atoms with Crippen LogP contribution < -0.4 is 0 Å². The van der Waals surface area contributed by atoms with Crippen LogP contribution >= 0.6 is 0 Å². The summed E-state index contributed by atoms with van der Waals surface area (Å²) < 4.78 is 28.6. The van der Waals surface area contributed by atoms with Crippen LogP contribution in [0.1, 0.15) is 46.5 Å². The van der Waals surface area contributed by atoms with Gasteiger partial charge in [0.1, 0.15) is 0 Å². The maximum Gasteiger partial charge on any atom is 0.500 e. The molecule has 1 aliphatic carbocycles. The first kappa shape index (κ1) is 22.0. The third-order valence-corrected chi connectivity index (χ3v) is 7.52. The summed E-state index contributed by atoms with van der Waals surface area (Å²) in [6.07, 6.45) is 3.20. The molecule has 0 amide bonds. The molecule has 0 heterocycles. The zero-order chi connectivity index (χ0) is 17.8. The van der Waals surface area contributed by atoms with Crippen LogP contribution in [0.3, 0.4) is 0 Å². The van der Waals surface area contributed by atoms with Crippen LogP contribution in [0.2, 0.25) is 6.04 Å². The van der Waals surface area contributed by atoms with E-state index < -0.39 is 8.80 Å². The van der Waals surface area contributed by atoms with Crippen molar-refractivity contribution in [1.29, 1.82) is 0 Å². The first-order valence-electron chi connectivity index (χ1n) is 9.31. The van der Waals surface area contributed by atoms with Crippen LogP contribution in [0.4, 0.5) is 0 Å². The predicted octanol–water partition coefficient (Wildman–Crippen LogP) is 2.62. The Morgan fingerprint density at radius 2 is 1.58 bits per heavy atom. The molecule has 1 rings (SSSR count). The molecule has 6 nitrogen and oxygen atoms in total. The van der Waals surface area contributed by atoms with E-state index in [1.807, 2.05) is 20.8 Å². The Bertz CT molecular complexity index is 300. The molecule has 1 saturated carbocycles. The second-order valence-electron chi connectivity index (χ2n) is 6.17. The van der Waals surface area contributed by atoms with Crippen molar-refractivity contribution in [1.82, 2.24) is 0 Å². The Morgan fingerprint density at radius 3 is 2.12 bits per heavy atom. The van der Waals surface area contributed by atoms with Gasteiger partial charge in [0.15, 0.2) is 0 Å². The highest BCUT2D eigenvalue weighted by atomic mass is 28.4. The summed E-state index contributed by atoms with van der Waals surface area (Å²) in [6, 6.07) is 0.827. The Morgan fingerprint density at radius 1 is 0.958 bits per heavy atom. The Hall–Kier alpha value is -0.0231. The van der Waals surface area contributed by atoms with Gasteiger partial charge in [-0.15, -0.1) is 0 Å². The van der Waals surface area contributed by atoms with Gasteiger partial charge in [0.25, 0.3) is 0 Å². The smallest absolute Gasteiger partial charge is 0.390 e. The molecule has 1 aliphatic rings. The van der Waals surface area contributed by atoms with E-state index in [1.54, 1.807) is 7.11 Å². The van der Waals surface area contributed by atoms with Crippen molar-refractivity contribution < 1.29 is 27.9 Å². The monoisotopic (exact) mass is 364 g/mol. The second-order valence-corrected chi connectivity index (χ2v) is 8.90. The molecule has 0 aromatic heterocycles. The third kappa shape index (κ3) is 7.47. The highest BCUT2D eigenvalue weighted by molar-refractivity contribution is 6.60. The standard InChI is InChI=1S/C17H36O6Si/c1-5-21-24(22-6-2,23-7-3)13-10-15-8-9-16(18)17(14-15)20-12-11-19-4/h15-18H,5-14H2,1-4H3. The van der Waals surface area contributed by atoms with E-state index in [2.05, 4.69) is 0 Å². The molecular formula is C17H36O6Si. The summed E-state index contributed by atoms with van der Waals surface area (Å²) in [5, 5.41) is 10.1. The van der Waals surface area contributed by atoms with Gasteiger partial charge in [-0.05, 0) is 52.4 Å². The average Bonchev–Trinajstić information content (AvgIpc) is 2.56. The summed E-state index contributed by atoms with van der Waals surface area (Å²) in [6.45, 7) is 8.86. The fourth-order valence-corrected chi connectivity index (χ4v) is 6.07. The molecule has 7 heteroatoms. The average molecular weight is 365 g/mol. The summed E-state index contributed by atoms with van der Waals surface area (Å²) in [4.78, 5) is 0. The molecule has 1 N–H and O–H groups in total. The Balaban J connectivity index is 2.52.